The molecule has 0 bridgehead atoms. The monoisotopic (exact) mass is 558 g/mol. The summed E-state index contributed by atoms with van der Waals surface area (Å²) in [4.78, 5) is 11.3. The van der Waals surface area contributed by atoms with Gasteiger partial charge in [-0.2, -0.15) is 0 Å². The smallest absolute Gasteiger partial charge is 0.220 e. The zero-order chi connectivity index (χ0) is 26.4. The third kappa shape index (κ3) is 6.94. The molecule has 1 aromatic heterocycles. The molecule has 0 aliphatic rings. The van der Waals surface area contributed by atoms with Crippen molar-refractivity contribution in [3.8, 4) is 17.2 Å². The zero-order valence-corrected chi connectivity index (χ0v) is 22.5. The Bertz CT molecular complexity index is 1360. The van der Waals surface area contributed by atoms with Crippen molar-refractivity contribution in [3.63, 3.8) is 0 Å². The van der Waals surface area contributed by atoms with Crippen molar-refractivity contribution in [2.45, 2.75) is 30.9 Å². The summed E-state index contributed by atoms with van der Waals surface area (Å²) in [5.74, 6) is 1.72. The van der Waals surface area contributed by atoms with Crippen molar-refractivity contribution in [1.82, 2.24) is 14.8 Å². The normalized spacial score (nSPS) is 11.8. The van der Waals surface area contributed by atoms with Crippen LogP contribution in [0.5, 0.6) is 11.5 Å². The Morgan fingerprint density at radius 3 is 2.30 bits per heavy atom. The first-order chi connectivity index (χ1) is 17.8. The first-order valence-electron chi connectivity index (χ1n) is 11.4. The molecule has 4 rings (SSSR count). The molecule has 0 saturated carbocycles. The van der Waals surface area contributed by atoms with Gasteiger partial charge in [-0.15, -0.1) is 10.2 Å². The maximum absolute atomic E-state index is 11.6. The van der Waals surface area contributed by atoms with Crippen LogP contribution in [-0.2, 0) is 6.61 Å². The van der Waals surface area contributed by atoms with E-state index < -0.39 is 5.25 Å². The highest BCUT2D eigenvalue weighted by atomic mass is 35.5. The number of aryl methyl sites for hydroxylation is 1. The van der Waals surface area contributed by atoms with Crippen LogP contribution < -0.4 is 9.47 Å². The average Bonchev–Trinajstić information content (AvgIpc) is 3.24. The summed E-state index contributed by atoms with van der Waals surface area (Å²) in [6.45, 7) is 4.13. The van der Waals surface area contributed by atoms with Gasteiger partial charge in [0.1, 0.15) is 17.7 Å². The topological polar surface area (TPSA) is 92.3 Å². The Morgan fingerprint density at radius 2 is 1.65 bits per heavy atom. The zero-order valence-electron chi connectivity index (χ0n) is 20.1. The van der Waals surface area contributed by atoms with E-state index in [0.717, 1.165) is 11.3 Å². The van der Waals surface area contributed by atoms with Gasteiger partial charge in [-0.3, -0.25) is 14.7 Å². The molecular weight excluding hydrogens is 535 g/mol. The van der Waals surface area contributed by atoms with Gasteiger partial charge in [-0.1, -0.05) is 53.2 Å². The summed E-state index contributed by atoms with van der Waals surface area (Å²) >= 11 is 13.3. The molecule has 3 aromatic carbocycles. The molecule has 0 N–H and O–H groups in total. The van der Waals surface area contributed by atoms with E-state index in [4.69, 9.17) is 32.7 Å². The van der Waals surface area contributed by atoms with E-state index in [1.807, 2.05) is 48.7 Å². The Kier molecular flexibility index (Phi) is 8.91. The Hall–Kier alpha value is -3.27. The second-order valence-corrected chi connectivity index (χ2v) is 10.1. The van der Waals surface area contributed by atoms with Crippen LogP contribution in [0, 0.1) is 17.0 Å². The molecule has 1 heterocycles. The minimum atomic E-state index is -0.547. The lowest BCUT2D eigenvalue weighted by Crippen LogP contribution is -2.11. The molecule has 0 fully saturated rings. The summed E-state index contributed by atoms with van der Waals surface area (Å²) in [6, 6.07) is 20.0. The minimum Gasteiger partial charge on any atom is -0.490 e. The molecule has 37 heavy (non-hydrogen) atoms. The second-order valence-electron chi connectivity index (χ2n) is 8.02. The molecule has 0 unspecified atom stereocenters. The van der Waals surface area contributed by atoms with Gasteiger partial charge in [0.15, 0.2) is 16.7 Å². The van der Waals surface area contributed by atoms with Gasteiger partial charge in [-0.05, 0) is 73.5 Å². The van der Waals surface area contributed by atoms with Gasteiger partial charge in [0, 0.05) is 20.7 Å². The van der Waals surface area contributed by atoms with Crippen molar-refractivity contribution in [1.29, 1.82) is 0 Å². The lowest BCUT2D eigenvalue weighted by atomic mass is 10.1. The molecule has 0 spiro atoms. The third-order valence-electron chi connectivity index (χ3n) is 5.39. The number of nitrogens with zero attached hydrogens (tertiary/aromatic N) is 4. The number of benzene rings is 3. The van der Waals surface area contributed by atoms with Gasteiger partial charge in [0.05, 0.1) is 6.61 Å². The van der Waals surface area contributed by atoms with Crippen LogP contribution in [-0.4, -0.2) is 32.8 Å². The van der Waals surface area contributed by atoms with Crippen molar-refractivity contribution in [2.75, 3.05) is 13.2 Å². The number of thioether (sulfide) groups is 1. The van der Waals surface area contributed by atoms with Crippen LogP contribution in [0.25, 0.3) is 5.69 Å². The number of hydrogen-bond donors (Lipinski definition) is 0. The quantitative estimate of drug-likeness (QED) is 0.111. The van der Waals surface area contributed by atoms with E-state index in [1.165, 1.54) is 11.8 Å². The van der Waals surface area contributed by atoms with Crippen LogP contribution in [0.4, 0.5) is 0 Å². The Morgan fingerprint density at radius 1 is 0.973 bits per heavy atom. The fourth-order valence-corrected chi connectivity index (χ4v) is 5.05. The van der Waals surface area contributed by atoms with Gasteiger partial charge < -0.3 is 9.47 Å². The number of aromatic nitrogens is 3. The lowest BCUT2D eigenvalue weighted by Gasteiger charge is -2.17. The summed E-state index contributed by atoms with van der Waals surface area (Å²) < 4.78 is 13.7. The van der Waals surface area contributed by atoms with Crippen LogP contribution in [0.2, 0.25) is 10.0 Å². The highest BCUT2D eigenvalue weighted by Crippen LogP contribution is 2.40. The van der Waals surface area contributed by atoms with Crippen molar-refractivity contribution < 1.29 is 14.4 Å². The molecule has 0 radical (unpaired) electrons. The van der Waals surface area contributed by atoms with Gasteiger partial charge in [0.2, 0.25) is 6.54 Å². The first kappa shape index (κ1) is 26.8. The van der Waals surface area contributed by atoms with Crippen molar-refractivity contribution in [3.05, 3.63) is 104 Å². The fraction of sp³-hybridized carbons (Fsp3) is 0.231. The summed E-state index contributed by atoms with van der Waals surface area (Å²) in [7, 11) is 0. The third-order valence-corrected chi connectivity index (χ3v) is 7.07. The van der Waals surface area contributed by atoms with E-state index in [2.05, 4.69) is 10.2 Å². The van der Waals surface area contributed by atoms with Crippen LogP contribution in [0.15, 0.2) is 71.9 Å². The molecule has 0 amide bonds. The maximum atomic E-state index is 11.6. The molecule has 11 heteroatoms. The van der Waals surface area contributed by atoms with E-state index >= 15 is 0 Å². The van der Waals surface area contributed by atoms with Gasteiger partial charge in [0.25, 0.3) is 0 Å². The van der Waals surface area contributed by atoms with Crippen LogP contribution in [0.1, 0.15) is 29.1 Å². The molecule has 192 valence electrons. The summed E-state index contributed by atoms with van der Waals surface area (Å²) in [5, 5.41) is 21.3. The molecular formula is C26H24Cl2N4O4S. The summed E-state index contributed by atoms with van der Waals surface area (Å²) in [5.41, 5.74) is 2.48. The second kappa shape index (κ2) is 12.3. The van der Waals surface area contributed by atoms with E-state index in [1.54, 1.807) is 36.4 Å². The number of ether oxygens (including phenoxy) is 2. The SMILES string of the molecule is CCOc1cc([C@H](C[N+](=O)[O-])Sc2nnc(C)n2-c2ccc(Cl)cc2)ccc1OCc1ccc(Cl)cc1. The largest absolute Gasteiger partial charge is 0.490 e. The highest BCUT2D eigenvalue weighted by Gasteiger charge is 2.25. The molecule has 1 atom stereocenters. The van der Waals surface area contributed by atoms with E-state index in [0.29, 0.717) is 51.3 Å². The minimum absolute atomic E-state index is 0.312. The average molecular weight is 559 g/mol. The van der Waals surface area contributed by atoms with Crippen LogP contribution in [0.3, 0.4) is 0 Å². The Labute approximate surface area is 228 Å². The predicted molar refractivity (Wildman–Crippen MR) is 145 cm³/mol. The lowest BCUT2D eigenvalue weighted by molar-refractivity contribution is -0.479. The summed E-state index contributed by atoms with van der Waals surface area (Å²) in [6.07, 6.45) is 0. The maximum Gasteiger partial charge on any atom is 0.220 e. The molecule has 0 aliphatic heterocycles. The molecule has 4 aromatic rings. The molecule has 8 nitrogen and oxygen atoms in total. The van der Waals surface area contributed by atoms with Crippen molar-refractivity contribution in [2.24, 2.45) is 0 Å². The fourth-order valence-electron chi connectivity index (χ4n) is 3.63. The van der Waals surface area contributed by atoms with Crippen molar-refractivity contribution >= 4 is 35.0 Å². The predicted octanol–water partition coefficient (Wildman–Crippen LogP) is 6.97. The van der Waals surface area contributed by atoms with E-state index in [9.17, 15) is 10.1 Å². The Balaban J connectivity index is 1.61. The van der Waals surface area contributed by atoms with E-state index in [-0.39, 0.29) is 11.5 Å². The van der Waals surface area contributed by atoms with Gasteiger partial charge >= 0.3 is 0 Å². The molecule has 0 aliphatic carbocycles. The standard InChI is InChI=1S/C26H24Cl2N4O4S/c1-3-35-24-14-19(6-13-23(24)36-16-18-4-7-20(27)8-5-18)25(15-31(33)34)37-26-30-29-17(2)32(26)22-11-9-21(28)10-12-22/h4-14,25H,3,15-16H2,1-2H3/t25-/m0/s1. The first-order valence-corrected chi connectivity index (χ1v) is 13.1. The van der Waals surface area contributed by atoms with Gasteiger partial charge in [-0.25, -0.2) is 0 Å². The molecule has 0 saturated heterocycles. The number of rotatable bonds is 11. The van der Waals surface area contributed by atoms with Crippen LogP contribution >= 0.6 is 35.0 Å². The highest BCUT2D eigenvalue weighted by molar-refractivity contribution is 7.99. The number of halogens is 2. The number of hydrogen-bond acceptors (Lipinski definition) is 7. The number of nitro groups is 1.